The zero-order valence-corrected chi connectivity index (χ0v) is 12.2. The number of rotatable bonds is 5. The van der Waals surface area contributed by atoms with E-state index < -0.39 is 16.0 Å². The quantitative estimate of drug-likeness (QED) is 0.874. The lowest BCUT2D eigenvalue weighted by atomic mass is 10.3. The molecule has 0 unspecified atom stereocenters. The van der Waals surface area contributed by atoms with Crippen LogP contribution in [-0.4, -0.2) is 24.5 Å². The van der Waals surface area contributed by atoms with Crippen LogP contribution in [0.1, 0.15) is 20.8 Å². The molecule has 0 aliphatic heterocycles. The lowest BCUT2D eigenvalue weighted by Gasteiger charge is -2.05. The number of sulfonamides is 1. The number of nitrogens with one attached hydrogen (secondary N) is 1. The Balaban J connectivity index is 2.14. The topological polar surface area (TPSA) is 96.4 Å². The number of aromatic nitrogens is 1. The van der Waals surface area contributed by atoms with Crippen molar-refractivity contribution in [3.8, 4) is 0 Å². The van der Waals surface area contributed by atoms with Crippen LogP contribution >= 0.6 is 11.3 Å². The van der Waals surface area contributed by atoms with Gasteiger partial charge in [-0.05, 0) is 36.1 Å². The molecule has 2 heterocycles. The predicted octanol–water partition coefficient (Wildman–Crippen LogP) is 1.63. The highest BCUT2D eigenvalue weighted by atomic mass is 32.2. The number of aromatic carboxylic acids is 1. The highest BCUT2D eigenvalue weighted by molar-refractivity contribution is 7.89. The minimum absolute atomic E-state index is 0.0574. The molecule has 0 saturated carbocycles. The van der Waals surface area contributed by atoms with Crippen molar-refractivity contribution in [2.75, 3.05) is 0 Å². The van der Waals surface area contributed by atoms with Crippen LogP contribution in [0, 0.1) is 6.92 Å². The lowest BCUT2D eigenvalue weighted by molar-refractivity contribution is 0.0696. The Morgan fingerprint density at radius 1 is 1.40 bits per heavy atom. The zero-order chi connectivity index (χ0) is 14.8. The molecule has 0 bridgehead atoms. The Morgan fingerprint density at radius 3 is 2.65 bits per heavy atom. The molecule has 0 aliphatic rings. The van der Waals surface area contributed by atoms with E-state index in [4.69, 9.17) is 5.11 Å². The Morgan fingerprint density at radius 2 is 2.15 bits per heavy atom. The van der Waals surface area contributed by atoms with Gasteiger partial charge in [-0.25, -0.2) is 22.9 Å². The Kier molecular flexibility index (Phi) is 4.17. The van der Waals surface area contributed by atoms with E-state index in [1.165, 1.54) is 23.5 Å². The third kappa shape index (κ3) is 3.21. The number of carboxylic acids is 1. The van der Waals surface area contributed by atoms with Gasteiger partial charge in [0, 0.05) is 17.6 Å². The molecule has 0 saturated heterocycles. The fraction of sp³-hybridized carbons (Fsp3) is 0.167. The van der Waals surface area contributed by atoms with Gasteiger partial charge in [0.15, 0.2) is 5.03 Å². The van der Waals surface area contributed by atoms with Gasteiger partial charge in [-0.15, -0.1) is 11.3 Å². The standard InChI is InChI=1S/C12H12N2O4S2/c1-8-4-5-19-10(8)7-14-20(17,18)11-3-2-9(6-13-11)12(15)16/h2-6,14H,7H2,1H3,(H,15,16). The summed E-state index contributed by atoms with van der Waals surface area (Å²) in [6.07, 6.45) is 1.02. The average Bonchev–Trinajstić information content (AvgIpc) is 2.82. The highest BCUT2D eigenvalue weighted by Gasteiger charge is 2.16. The molecule has 2 aromatic heterocycles. The van der Waals surface area contributed by atoms with Crippen molar-refractivity contribution in [1.29, 1.82) is 0 Å². The van der Waals surface area contributed by atoms with Gasteiger partial charge >= 0.3 is 5.97 Å². The molecular weight excluding hydrogens is 300 g/mol. The number of thiophene rings is 1. The van der Waals surface area contributed by atoms with E-state index in [-0.39, 0.29) is 17.1 Å². The number of nitrogens with zero attached hydrogens (tertiary/aromatic N) is 1. The molecule has 8 heteroatoms. The normalized spacial score (nSPS) is 11.4. The van der Waals surface area contributed by atoms with Gasteiger partial charge in [0.25, 0.3) is 10.0 Å². The number of carboxylic acid groups (broad SMARTS) is 1. The molecule has 0 atom stereocenters. The zero-order valence-electron chi connectivity index (χ0n) is 10.5. The minimum atomic E-state index is -3.74. The molecule has 2 rings (SSSR count). The first kappa shape index (κ1) is 14.6. The molecule has 0 aliphatic carbocycles. The van der Waals surface area contributed by atoms with E-state index in [9.17, 15) is 13.2 Å². The number of hydrogen-bond donors (Lipinski definition) is 2. The first-order valence-electron chi connectivity index (χ1n) is 5.62. The van der Waals surface area contributed by atoms with Crippen molar-refractivity contribution in [3.05, 3.63) is 45.8 Å². The molecule has 2 aromatic rings. The predicted molar refractivity (Wildman–Crippen MR) is 74.3 cm³/mol. The van der Waals surface area contributed by atoms with Crippen LogP contribution in [0.4, 0.5) is 0 Å². The summed E-state index contributed by atoms with van der Waals surface area (Å²) in [5.41, 5.74) is 0.963. The van der Waals surface area contributed by atoms with E-state index in [0.29, 0.717) is 0 Å². The van der Waals surface area contributed by atoms with Gasteiger partial charge in [-0.2, -0.15) is 0 Å². The molecule has 20 heavy (non-hydrogen) atoms. The maximum absolute atomic E-state index is 12.0. The highest BCUT2D eigenvalue weighted by Crippen LogP contribution is 2.16. The van der Waals surface area contributed by atoms with Crippen LogP contribution in [0.25, 0.3) is 0 Å². The number of carbonyl (C=O) groups is 1. The molecular formula is C12H12N2O4S2. The summed E-state index contributed by atoms with van der Waals surface area (Å²) in [5, 5.41) is 10.4. The summed E-state index contributed by atoms with van der Waals surface area (Å²) in [6.45, 7) is 2.09. The fourth-order valence-electron chi connectivity index (χ4n) is 1.49. The molecule has 0 amide bonds. The van der Waals surface area contributed by atoms with Gasteiger partial charge in [-0.1, -0.05) is 0 Å². The molecule has 2 N–H and O–H groups in total. The van der Waals surface area contributed by atoms with E-state index >= 15 is 0 Å². The van der Waals surface area contributed by atoms with Crippen LogP contribution in [-0.2, 0) is 16.6 Å². The van der Waals surface area contributed by atoms with Gasteiger partial charge in [0.1, 0.15) is 0 Å². The van der Waals surface area contributed by atoms with Gasteiger partial charge < -0.3 is 5.11 Å². The van der Waals surface area contributed by atoms with Crippen molar-refractivity contribution in [1.82, 2.24) is 9.71 Å². The largest absolute Gasteiger partial charge is 0.478 e. The van der Waals surface area contributed by atoms with Gasteiger partial charge in [0.05, 0.1) is 5.56 Å². The molecule has 106 valence electrons. The van der Waals surface area contributed by atoms with Crippen molar-refractivity contribution < 1.29 is 18.3 Å². The van der Waals surface area contributed by atoms with Crippen molar-refractivity contribution in [2.45, 2.75) is 18.5 Å². The second-order valence-electron chi connectivity index (χ2n) is 4.04. The van der Waals surface area contributed by atoms with Crippen LogP contribution in [0.5, 0.6) is 0 Å². The third-order valence-electron chi connectivity index (χ3n) is 2.65. The third-order valence-corrected chi connectivity index (χ3v) is 4.99. The lowest BCUT2D eigenvalue weighted by Crippen LogP contribution is -2.24. The molecule has 0 radical (unpaired) electrons. The summed E-state index contributed by atoms with van der Waals surface area (Å²) < 4.78 is 26.4. The smallest absolute Gasteiger partial charge is 0.337 e. The number of pyridine rings is 1. The van der Waals surface area contributed by atoms with Crippen molar-refractivity contribution in [2.24, 2.45) is 0 Å². The summed E-state index contributed by atoms with van der Waals surface area (Å²) in [7, 11) is -3.74. The minimum Gasteiger partial charge on any atom is -0.478 e. The van der Waals surface area contributed by atoms with Crippen LogP contribution in [0.15, 0.2) is 34.8 Å². The summed E-state index contributed by atoms with van der Waals surface area (Å²) in [5.74, 6) is -1.15. The first-order chi connectivity index (χ1) is 9.40. The van der Waals surface area contributed by atoms with Gasteiger partial charge in [0.2, 0.25) is 0 Å². The monoisotopic (exact) mass is 312 g/mol. The average molecular weight is 312 g/mol. The van der Waals surface area contributed by atoms with E-state index in [1.54, 1.807) is 0 Å². The maximum Gasteiger partial charge on any atom is 0.337 e. The second kappa shape index (κ2) is 5.70. The van der Waals surface area contributed by atoms with E-state index in [0.717, 1.165) is 16.6 Å². The van der Waals surface area contributed by atoms with Crippen molar-refractivity contribution in [3.63, 3.8) is 0 Å². The summed E-state index contributed by atoms with van der Waals surface area (Å²) >= 11 is 1.47. The maximum atomic E-state index is 12.0. The summed E-state index contributed by atoms with van der Waals surface area (Å²) in [4.78, 5) is 15.3. The van der Waals surface area contributed by atoms with Crippen LogP contribution in [0.3, 0.4) is 0 Å². The van der Waals surface area contributed by atoms with E-state index in [2.05, 4.69) is 9.71 Å². The molecule has 0 aromatic carbocycles. The second-order valence-corrected chi connectivity index (χ2v) is 6.76. The van der Waals surface area contributed by atoms with E-state index in [1.807, 2.05) is 18.4 Å². The van der Waals surface area contributed by atoms with Gasteiger partial charge in [-0.3, -0.25) is 0 Å². The van der Waals surface area contributed by atoms with Crippen molar-refractivity contribution >= 4 is 27.3 Å². The Hall–Kier alpha value is -1.77. The number of hydrogen-bond acceptors (Lipinski definition) is 5. The Labute approximate surface area is 120 Å². The van der Waals surface area contributed by atoms with Crippen LogP contribution < -0.4 is 4.72 Å². The summed E-state index contributed by atoms with van der Waals surface area (Å²) in [6, 6.07) is 4.29. The first-order valence-corrected chi connectivity index (χ1v) is 7.98. The molecule has 0 spiro atoms. The Bertz CT molecular complexity index is 720. The number of aryl methyl sites for hydroxylation is 1. The SMILES string of the molecule is Cc1ccsc1CNS(=O)(=O)c1ccc(C(=O)O)cn1. The molecule has 0 fully saturated rings. The fourth-order valence-corrected chi connectivity index (χ4v) is 3.34. The van der Waals surface area contributed by atoms with Crippen LogP contribution in [0.2, 0.25) is 0 Å². The molecule has 6 nitrogen and oxygen atoms in total.